The van der Waals surface area contributed by atoms with Crippen LogP contribution in [0.1, 0.15) is 15.4 Å². The highest BCUT2D eigenvalue weighted by molar-refractivity contribution is 8.04. The number of hydrogen-bond donors (Lipinski definition) is 0. The lowest BCUT2D eigenvalue weighted by Gasteiger charge is -2.16. The molecule has 1 aliphatic heterocycles. The summed E-state index contributed by atoms with van der Waals surface area (Å²) in [5.41, 5.74) is 1.47. The number of rotatable bonds is 4. The van der Waals surface area contributed by atoms with E-state index >= 15 is 0 Å². The van der Waals surface area contributed by atoms with Gasteiger partial charge in [0.05, 0.1) is 27.5 Å². The van der Waals surface area contributed by atoms with Crippen LogP contribution in [0.15, 0.2) is 53.6 Å². The molecule has 1 amide bonds. The summed E-state index contributed by atoms with van der Waals surface area (Å²) in [6.45, 7) is 0.0180. The Bertz CT molecular complexity index is 994. The topological polar surface area (TPSA) is 50.3 Å². The van der Waals surface area contributed by atoms with Crippen molar-refractivity contribution in [3.8, 4) is 0 Å². The minimum Gasteiger partial charge on any atom is -0.298 e. The fourth-order valence-electron chi connectivity index (χ4n) is 2.63. The fourth-order valence-corrected chi connectivity index (χ4v) is 4.68. The van der Waals surface area contributed by atoms with Gasteiger partial charge in [0, 0.05) is 16.7 Å². The molecule has 2 heterocycles. The Morgan fingerprint density at radius 1 is 1.19 bits per heavy atom. The van der Waals surface area contributed by atoms with Crippen LogP contribution in [0.3, 0.4) is 0 Å². The molecule has 7 heteroatoms. The molecule has 0 spiro atoms. The maximum absolute atomic E-state index is 12.5. The monoisotopic (exact) mass is 400 g/mol. The highest BCUT2D eigenvalue weighted by atomic mass is 35.5. The summed E-state index contributed by atoms with van der Waals surface area (Å²) in [5, 5.41) is 2.16. The van der Waals surface area contributed by atoms with E-state index in [1.165, 1.54) is 16.7 Å². The molecule has 0 radical (unpaired) electrons. The number of benzene rings is 2. The van der Waals surface area contributed by atoms with Crippen LogP contribution in [0.25, 0.3) is 16.3 Å². The normalized spacial score (nSPS) is 16.0. The number of fused-ring (bicyclic) bond motifs is 1. The van der Waals surface area contributed by atoms with Gasteiger partial charge in [-0.3, -0.25) is 14.5 Å². The molecule has 130 valence electrons. The van der Waals surface area contributed by atoms with Crippen molar-refractivity contribution in [2.24, 2.45) is 0 Å². The van der Waals surface area contributed by atoms with Crippen LogP contribution in [-0.4, -0.2) is 33.9 Å². The van der Waals surface area contributed by atoms with Crippen LogP contribution >= 0.6 is 34.7 Å². The Labute approximate surface area is 163 Å². The number of Topliss-reactive ketones (excluding diaryl/α,β-unsaturated/α-hetero) is 1. The average molecular weight is 401 g/mol. The number of thiazole rings is 1. The van der Waals surface area contributed by atoms with E-state index in [4.69, 9.17) is 11.6 Å². The summed E-state index contributed by atoms with van der Waals surface area (Å²) in [4.78, 5) is 30.9. The van der Waals surface area contributed by atoms with Gasteiger partial charge in [-0.05, 0) is 36.4 Å². The Morgan fingerprint density at radius 3 is 2.73 bits per heavy atom. The zero-order valence-electron chi connectivity index (χ0n) is 13.5. The molecule has 0 atom stereocenters. The summed E-state index contributed by atoms with van der Waals surface area (Å²) in [7, 11) is 0. The van der Waals surface area contributed by atoms with E-state index in [9.17, 15) is 9.59 Å². The number of ketones is 1. The molecule has 0 unspecified atom stereocenters. The van der Waals surface area contributed by atoms with Crippen molar-refractivity contribution in [2.75, 3.05) is 12.3 Å². The van der Waals surface area contributed by atoms with Gasteiger partial charge >= 0.3 is 0 Å². The van der Waals surface area contributed by atoms with Gasteiger partial charge in [0.15, 0.2) is 5.78 Å². The lowest BCUT2D eigenvalue weighted by molar-refractivity contribution is -0.125. The second-order valence-electron chi connectivity index (χ2n) is 5.70. The van der Waals surface area contributed by atoms with Crippen LogP contribution < -0.4 is 0 Å². The second-order valence-corrected chi connectivity index (χ2v) is 8.20. The van der Waals surface area contributed by atoms with Crippen molar-refractivity contribution in [1.82, 2.24) is 9.88 Å². The average Bonchev–Trinajstić information content (AvgIpc) is 3.20. The van der Waals surface area contributed by atoms with Crippen LogP contribution in [0.5, 0.6) is 0 Å². The summed E-state index contributed by atoms with van der Waals surface area (Å²) < 4.78 is 1.09. The first-order chi connectivity index (χ1) is 12.6. The lowest BCUT2D eigenvalue weighted by atomic mass is 10.1. The highest BCUT2D eigenvalue weighted by Crippen LogP contribution is 2.33. The van der Waals surface area contributed by atoms with Crippen LogP contribution in [-0.2, 0) is 4.79 Å². The van der Waals surface area contributed by atoms with Gasteiger partial charge in [-0.15, -0.1) is 11.3 Å². The van der Waals surface area contributed by atoms with Crippen molar-refractivity contribution >= 4 is 62.7 Å². The van der Waals surface area contributed by atoms with E-state index in [2.05, 4.69) is 4.98 Å². The molecular weight excluding hydrogens is 388 g/mol. The summed E-state index contributed by atoms with van der Waals surface area (Å²) in [6.07, 6.45) is 1.88. The number of carbonyl (C=O) groups excluding carboxylic acids is 2. The summed E-state index contributed by atoms with van der Waals surface area (Å²) >= 11 is 8.86. The third-order valence-electron chi connectivity index (χ3n) is 3.94. The fraction of sp³-hybridized carbons (Fsp3) is 0.105. The van der Waals surface area contributed by atoms with E-state index in [1.807, 2.05) is 30.3 Å². The Balaban J connectivity index is 1.58. The zero-order valence-corrected chi connectivity index (χ0v) is 15.9. The maximum atomic E-state index is 12.5. The van der Waals surface area contributed by atoms with Crippen molar-refractivity contribution in [3.63, 3.8) is 0 Å². The molecule has 4 rings (SSSR count). The molecule has 1 saturated heterocycles. The third kappa shape index (κ3) is 3.53. The molecule has 2 aromatic carbocycles. The molecule has 1 fully saturated rings. The lowest BCUT2D eigenvalue weighted by Crippen LogP contribution is -2.30. The molecule has 4 nitrogen and oxygen atoms in total. The Hall–Kier alpha value is -2.15. The quantitative estimate of drug-likeness (QED) is 0.595. The Morgan fingerprint density at radius 2 is 1.96 bits per heavy atom. The van der Waals surface area contributed by atoms with Crippen molar-refractivity contribution in [1.29, 1.82) is 0 Å². The first kappa shape index (κ1) is 17.3. The number of nitrogens with zero attached hydrogens (tertiary/aromatic N) is 2. The van der Waals surface area contributed by atoms with Crippen LogP contribution in [0.4, 0.5) is 0 Å². The van der Waals surface area contributed by atoms with E-state index in [1.54, 1.807) is 35.6 Å². The van der Waals surface area contributed by atoms with E-state index in [0.717, 1.165) is 20.3 Å². The molecule has 1 aromatic heterocycles. The minimum absolute atomic E-state index is 0.0180. The van der Waals surface area contributed by atoms with Crippen LogP contribution in [0, 0.1) is 0 Å². The van der Waals surface area contributed by atoms with Crippen LogP contribution in [0.2, 0.25) is 5.02 Å². The maximum Gasteiger partial charge on any atom is 0.238 e. The van der Waals surface area contributed by atoms with Gasteiger partial charge in [0.1, 0.15) is 5.01 Å². The molecule has 0 bridgehead atoms. The molecule has 1 aliphatic rings. The summed E-state index contributed by atoms with van der Waals surface area (Å²) in [6, 6.07) is 14.6. The van der Waals surface area contributed by atoms with Crippen molar-refractivity contribution in [3.05, 3.63) is 69.2 Å². The summed E-state index contributed by atoms with van der Waals surface area (Å²) in [5.74, 6) is 0.155. The van der Waals surface area contributed by atoms with Crippen molar-refractivity contribution in [2.45, 2.75) is 0 Å². The predicted octanol–water partition coefficient (Wildman–Crippen LogP) is 4.71. The number of hydrogen-bond acceptors (Lipinski definition) is 5. The van der Waals surface area contributed by atoms with Gasteiger partial charge in [-0.25, -0.2) is 4.98 Å². The second kappa shape index (κ2) is 7.23. The van der Waals surface area contributed by atoms with Gasteiger partial charge in [-0.1, -0.05) is 35.5 Å². The molecule has 0 saturated carbocycles. The number of para-hydroxylation sites is 1. The number of thioether (sulfide) groups is 1. The minimum atomic E-state index is -0.118. The van der Waals surface area contributed by atoms with E-state index in [-0.39, 0.29) is 18.2 Å². The molecule has 0 aliphatic carbocycles. The smallest absolute Gasteiger partial charge is 0.238 e. The van der Waals surface area contributed by atoms with Gasteiger partial charge in [-0.2, -0.15) is 0 Å². The van der Waals surface area contributed by atoms with Gasteiger partial charge in [0.2, 0.25) is 5.91 Å². The first-order valence-corrected chi connectivity index (χ1v) is 10.1. The predicted molar refractivity (Wildman–Crippen MR) is 108 cm³/mol. The number of amides is 1. The SMILES string of the molecule is O=C(CN1C(=O)CS/C1=C/c1nc2ccccc2s1)c1ccc(Cl)cc1. The molecular formula is C19H13ClN2O2S2. The van der Waals surface area contributed by atoms with Crippen molar-refractivity contribution < 1.29 is 9.59 Å². The van der Waals surface area contributed by atoms with E-state index < -0.39 is 0 Å². The largest absolute Gasteiger partial charge is 0.298 e. The zero-order chi connectivity index (χ0) is 18.1. The number of aromatic nitrogens is 1. The Kier molecular flexibility index (Phi) is 4.80. The van der Waals surface area contributed by atoms with Gasteiger partial charge in [0.25, 0.3) is 0 Å². The highest BCUT2D eigenvalue weighted by Gasteiger charge is 2.29. The molecule has 26 heavy (non-hydrogen) atoms. The molecule has 3 aromatic rings. The standard InChI is InChI=1S/C19H13ClN2O2S2/c20-13-7-5-12(6-8-13)15(23)10-22-18(24)11-25-19(22)9-17-21-14-3-1-2-4-16(14)26-17/h1-9H,10-11H2/b19-9+. The molecule has 0 N–H and O–H groups in total. The van der Waals surface area contributed by atoms with E-state index in [0.29, 0.717) is 16.3 Å². The third-order valence-corrected chi connectivity index (χ3v) is 6.20. The first-order valence-electron chi connectivity index (χ1n) is 7.89. The van der Waals surface area contributed by atoms with Gasteiger partial charge < -0.3 is 0 Å². The number of halogens is 1. The number of carbonyl (C=O) groups is 2.